The lowest BCUT2D eigenvalue weighted by Crippen LogP contribution is -2.13. The van der Waals surface area contributed by atoms with Crippen LogP contribution in [0.1, 0.15) is 27.2 Å². The zero-order chi connectivity index (χ0) is 12.0. The first-order valence-electron chi connectivity index (χ1n) is 5.34. The van der Waals surface area contributed by atoms with Gasteiger partial charge in [-0.2, -0.15) is 0 Å². The molecule has 0 fully saturated rings. The van der Waals surface area contributed by atoms with E-state index >= 15 is 0 Å². The molecule has 0 saturated carbocycles. The van der Waals surface area contributed by atoms with Crippen molar-refractivity contribution in [3.8, 4) is 5.06 Å². The third kappa shape index (κ3) is 1.59. The molecule has 3 rings (SSSR count). The summed E-state index contributed by atoms with van der Waals surface area (Å²) in [6.45, 7) is 0.921. The lowest BCUT2D eigenvalue weighted by atomic mass is 9.93. The van der Waals surface area contributed by atoms with Gasteiger partial charge in [-0.1, -0.05) is 11.3 Å². The van der Waals surface area contributed by atoms with E-state index in [9.17, 15) is 4.79 Å². The van der Waals surface area contributed by atoms with E-state index in [-0.39, 0.29) is 5.91 Å². The third-order valence-electron chi connectivity index (χ3n) is 3.07. The zero-order valence-corrected chi connectivity index (χ0v) is 11.0. The van der Waals surface area contributed by atoms with Gasteiger partial charge in [-0.15, -0.1) is 0 Å². The second-order valence-corrected chi connectivity index (χ2v) is 5.88. The lowest BCUT2D eigenvalue weighted by Gasteiger charge is -2.15. The van der Waals surface area contributed by atoms with Crippen molar-refractivity contribution in [3.05, 3.63) is 21.6 Å². The molecule has 0 saturated heterocycles. The maximum atomic E-state index is 11.4. The molecule has 0 bridgehead atoms. The van der Waals surface area contributed by atoms with E-state index in [0.29, 0.717) is 4.88 Å². The number of thiophene rings is 1. The van der Waals surface area contributed by atoms with Crippen molar-refractivity contribution < 1.29 is 9.53 Å². The predicted molar refractivity (Wildman–Crippen MR) is 70.2 cm³/mol. The lowest BCUT2D eigenvalue weighted by molar-refractivity contribution is 0.100. The van der Waals surface area contributed by atoms with E-state index in [2.05, 4.69) is 4.72 Å². The summed E-state index contributed by atoms with van der Waals surface area (Å²) in [5.74, 6) is -0.352. The molecule has 1 aliphatic carbocycles. The molecule has 1 amide bonds. The van der Waals surface area contributed by atoms with Gasteiger partial charge in [0.25, 0.3) is 5.91 Å². The van der Waals surface area contributed by atoms with Crippen molar-refractivity contribution in [2.45, 2.75) is 12.8 Å². The van der Waals surface area contributed by atoms with Gasteiger partial charge < -0.3 is 10.5 Å². The molecule has 1 aromatic heterocycles. The average Bonchev–Trinajstić information content (AvgIpc) is 2.91. The van der Waals surface area contributed by atoms with Crippen LogP contribution in [0.15, 0.2) is 5.57 Å². The fourth-order valence-corrected chi connectivity index (χ4v) is 4.42. The van der Waals surface area contributed by atoms with Crippen molar-refractivity contribution in [3.63, 3.8) is 0 Å². The zero-order valence-electron chi connectivity index (χ0n) is 9.33. The number of primary amides is 1. The van der Waals surface area contributed by atoms with Crippen LogP contribution >= 0.6 is 23.3 Å². The van der Waals surface area contributed by atoms with Gasteiger partial charge in [-0.25, -0.2) is 0 Å². The predicted octanol–water partition coefficient (Wildman–Crippen LogP) is 1.76. The maximum Gasteiger partial charge on any atom is 0.259 e. The maximum absolute atomic E-state index is 11.4. The summed E-state index contributed by atoms with van der Waals surface area (Å²) in [5.41, 5.74) is 8.98. The quantitative estimate of drug-likeness (QED) is 0.802. The minimum absolute atomic E-state index is 0.352. The highest BCUT2D eigenvalue weighted by Gasteiger charge is 2.31. The molecule has 2 heterocycles. The minimum Gasteiger partial charge on any atom is -0.487 e. The summed E-state index contributed by atoms with van der Waals surface area (Å²) in [6, 6.07) is 0. The molecule has 1 aliphatic heterocycles. The van der Waals surface area contributed by atoms with Crippen LogP contribution in [0.4, 0.5) is 0 Å². The number of methoxy groups -OCH3 is 1. The Hall–Kier alpha value is -0.980. The van der Waals surface area contributed by atoms with Crippen LogP contribution in [0, 0.1) is 0 Å². The molecule has 4 nitrogen and oxygen atoms in total. The number of carbonyl (C=O) groups is 1. The van der Waals surface area contributed by atoms with Crippen LogP contribution in [0.3, 0.4) is 0 Å². The molecular formula is C11H12N2O2S2. The molecular weight excluding hydrogens is 256 g/mol. The summed E-state index contributed by atoms with van der Waals surface area (Å²) >= 11 is 2.99. The number of fused-ring (bicyclic) bond motifs is 2. The van der Waals surface area contributed by atoms with Gasteiger partial charge in [0.05, 0.1) is 12.0 Å². The number of nitrogens with two attached hydrogens (primary N) is 1. The second-order valence-electron chi connectivity index (χ2n) is 4.00. The second kappa shape index (κ2) is 4.04. The standard InChI is InChI=1S/C11H12N2O2S2/c1-15-11-7-6(9(16-11)10(12)14)3-2-5-4-13-17-8(5)7/h13H,2-4H2,1H3,(H2,12,14). The largest absolute Gasteiger partial charge is 0.487 e. The van der Waals surface area contributed by atoms with E-state index in [1.54, 1.807) is 19.1 Å². The molecule has 0 radical (unpaired) electrons. The number of hydrogen-bond donors (Lipinski definition) is 2. The molecule has 17 heavy (non-hydrogen) atoms. The molecule has 90 valence electrons. The minimum atomic E-state index is -0.352. The van der Waals surface area contributed by atoms with Gasteiger partial charge in [0.15, 0.2) is 5.06 Å². The number of amides is 1. The van der Waals surface area contributed by atoms with Gasteiger partial charge in [-0.05, 0) is 35.9 Å². The Balaban J connectivity index is 2.21. The first-order valence-corrected chi connectivity index (χ1v) is 6.97. The first-order chi connectivity index (χ1) is 8.22. The fraction of sp³-hybridized carbons (Fsp3) is 0.364. The van der Waals surface area contributed by atoms with Crippen molar-refractivity contribution >= 4 is 34.1 Å². The van der Waals surface area contributed by atoms with Crippen LogP contribution in [0.25, 0.3) is 4.91 Å². The van der Waals surface area contributed by atoms with Crippen molar-refractivity contribution in [1.29, 1.82) is 0 Å². The summed E-state index contributed by atoms with van der Waals surface area (Å²) in [7, 11) is 1.64. The Kier molecular flexibility index (Phi) is 2.65. The topological polar surface area (TPSA) is 64.3 Å². The SMILES string of the molecule is COc1sc(C(N)=O)c2c1C1=C(CC2)CNS1. The number of carbonyl (C=O) groups excluding carboxylic acids is 1. The molecule has 1 aromatic rings. The first kappa shape index (κ1) is 11.1. The number of ether oxygens (including phenoxy) is 1. The molecule has 3 N–H and O–H groups in total. The highest BCUT2D eigenvalue weighted by molar-refractivity contribution is 8.06. The van der Waals surface area contributed by atoms with Crippen LogP contribution in [0.5, 0.6) is 5.06 Å². The van der Waals surface area contributed by atoms with Gasteiger partial charge >= 0.3 is 0 Å². The third-order valence-corrected chi connectivity index (χ3v) is 5.26. The highest BCUT2D eigenvalue weighted by atomic mass is 32.2. The molecule has 0 atom stereocenters. The van der Waals surface area contributed by atoms with E-state index in [0.717, 1.165) is 35.6 Å². The average molecular weight is 268 g/mol. The van der Waals surface area contributed by atoms with Gasteiger partial charge in [-0.3, -0.25) is 9.52 Å². The molecule has 2 aliphatic rings. The van der Waals surface area contributed by atoms with Crippen molar-refractivity contribution in [1.82, 2.24) is 4.72 Å². The number of rotatable bonds is 2. The molecule has 0 unspecified atom stereocenters. The molecule has 0 aromatic carbocycles. The van der Waals surface area contributed by atoms with E-state index < -0.39 is 0 Å². The number of nitrogens with one attached hydrogen (secondary N) is 1. The summed E-state index contributed by atoms with van der Waals surface area (Å²) in [5, 5.41) is 0.803. The van der Waals surface area contributed by atoms with Crippen LogP contribution in [-0.2, 0) is 6.42 Å². The van der Waals surface area contributed by atoms with Crippen molar-refractivity contribution in [2.75, 3.05) is 13.7 Å². The van der Waals surface area contributed by atoms with E-state index in [1.807, 2.05) is 0 Å². The molecule has 6 heteroatoms. The Morgan fingerprint density at radius 1 is 1.47 bits per heavy atom. The van der Waals surface area contributed by atoms with Crippen molar-refractivity contribution in [2.24, 2.45) is 5.73 Å². The highest BCUT2D eigenvalue weighted by Crippen LogP contribution is 2.49. The monoisotopic (exact) mass is 268 g/mol. The number of hydrogen-bond acceptors (Lipinski definition) is 5. The van der Waals surface area contributed by atoms with Crippen LogP contribution in [-0.4, -0.2) is 19.6 Å². The van der Waals surface area contributed by atoms with Gasteiger partial charge in [0, 0.05) is 17.0 Å². The van der Waals surface area contributed by atoms with Crippen LogP contribution < -0.4 is 15.2 Å². The van der Waals surface area contributed by atoms with E-state index in [1.165, 1.54) is 21.8 Å². The smallest absolute Gasteiger partial charge is 0.259 e. The fourth-order valence-electron chi connectivity index (χ4n) is 2.31. The Morgan fingerprint density at radius 3 is 3.00 bits per heavy atom. The van der Waals surface area contributed by atoms with Crippen LogP contribution in [0.2, 0.25) is 0 Å². The van der Waals surface area contributed by atoms with Gasteiger partial charge in [0.2, 0.25) is 0 Å². The molecule has 0 spiro atoms. The Labute approximate surface area is 107 Å². The summed E-state index contributed by atoms with van der Waals surface area (Å²) < 4.78 is 8.66. The van der Waals surface area contributed by atoms with Gasteiger partial charge in [0.1, 0.15) is 0 Å². The summed E-state index contributed by atoms with van der Waals surface area (Å²) in [4.78, 5) is 13.3. The Bertz CT molecular complexity index is 534. The summed E-state index contributed by atoms with van der Waals surface area (Å²) in [6.07, 6.45) is 1.89. The Morgan fingerprint density at radius 2 is 2.29 bits per heavy atom. The van der Waals surface area contributed by atoms with E-state index in [4.69, 9.17) is 10.5 Å². The normalized spacial score (nSPS) is 17.9.